The molecule has 2 aromatic rings. The van der Waals surface area contributed by atoms with Crippen molar-refractivity contribution in [1.29, 1.82) is 0 Å². The second-order valence-electron chi connectivity index (χ2n) is 6.20. The number of halogens is 1. The van der Waals surface area contributed by atoms with Gasteiger partial charge in [0.15, 0.2) is 0 Å². The molecule has 0 unspecified atom stereocenters. The molecular weight excluding hydrogens is 362 g/mol. The number of hydrogen-bond acceptors (Lipinski definition) is 4. The van der Waals surface area contributed by atoms with E-state index in [0.29, 0.717) is 13.2 Å². The second-order valence-corrected chi connectivity index (χ2v) is 7.06. The molecule has 23 heavy (non-hydrogen) atoms. The van der Waals surface area contributed by atoms with Crippen LogP contribution in [0.25, 0.3) is 10.9 Å². The molecule has 0 bridgehead atoms. The predicted octanol–water partition coefficient (Wildman–Crippen LogP) is 4.60. The molecule has 1 aromatic carbocycles. The minimum absolute atomic E-state index is 0.401. The number of methoxy groups -OCH3 is 1. The van der Waals surface area contributed by atoms with Crippen molar-refractivity contribution in [3.8, 4) is 5.75 Å². The fraction of sp³-hybridized carbons (Fsp3) is 0.471. The number of carbonyl (C=O) groups excluding carboxylic acids is 1. The van der Waals surface area contributed by atoms with Gasteiger partial charge in [0, 0.05) is 36.2 Å². The first kappa shape index (κ1) is 17.8. The zero-order valence-electron chi connectivity index (χ0n) is 13.9. The SMILES string of the molecule is COCCCOc1ccc2c(c1)c(Br)cn2C(=O)OC(C)(C)C. The summed E-state index contributed by atoms with van der Waals surface area (Å²) in [6.07, 6.45) is 2.14. The summed E-state index contributed by atoms with van der Waals surface area (Å²) in [6.45, 7) is 6.79. The van der Waals surface area contributed by atoms with Crippen molar-refractivity contribution < 1.29 is 19.0 Å². The minimum Gasteiger partial charge on any atom is -0.493 e. The quantitative estimate of drug-likeness (QED) is 0.707. The van der Waals surface area contributed by atoms with Crippen LogP contribution in [0.1, 0.15) is 27.2 Å². The number of aromatic nitrogens is 1. The van der Waals surface area contributed by atoms with E-state index < -0.39 is 11.7 Å². The van der Waals surface area contributed by atoms with E-state index in [2.05, 4.69) is 15.9 Å². The van der Waals surface area contributed by atoms with Crippen LogP contribution < -0.4 is 4.74 Å². The summed E-state index contributed by atoms with van der Waals surface area (Å²) in [5.74, 6) is 0.760. The molecule has 2 rings (SSSR count). The summed E-state index contributed by atoms with van der Waals surface area (Å²) < 4.78 is 18.4. The van der Waals surface area contributed by atoms with E-state index in [-0.39, 0.29) is 0 Å². The van der Waals surface area contributed by atoms with Crippen molar-refractivity contribution in [2.75, 3.05) is 20.3 Å². The van der Waals surface area contributed by atoms with Gasteiger partial charge in [-0.15, -0.1) is 0 Å². The van der Waals surface area contributed by atoms with Crippen LogP contribution >= 0.6 is 15.9 Å². The summed E-state index contributed by atoms with van der Waals surface area (Å²) in [6, 6.07) is 5.62. The highest BCUT2D eigenvalue weighted by Gasteiger charge is 2.20. The third kappa shape index (κ3) is 4.72. The first-order valence-electron chi connectivity index (χ1n) is 7.47. The summed E-state index contributed by atoms with van der Waals surface area (Å²) >= 11 is 3.49. The van der Waals surface area contributed by atoms with E-state index in [4.69, 9.17) is 14.2 Å². The Labute approximate surface area is 144 Å². The van der Waals surface area contributed by atoms with Gasteiger partial charge in [0.1, 0.15) is 11.4 Å². The van der Waals surface area contributed by atoms with Crippen LogP contribution in [0.4, 0.5) is 4.79 Å². The van der Waals surface area contributed by atoms with E-state index in [1.165, 1.54) is 4.57 Å². The molecule has 0 radical (unpaired) electrons. The van der Waals surface area contributed by atoms with Gasteiger partial charge < -0.3 is 14.2 Å². The Balaban J connectivity index is 2.21. The van der Waals surface area contributed by atoms with Crippen molar-refractivity contribution in [1.82, 2.24) is 4.57 Å². The van der Waals surface area contributed by atoms with Gasteiger partial charge in [-0.2, -0.15) is 0 Å². The summed E-state index contributed by atoms with van der Waals surface area (Å²) in [5, 5.41) is 0.903. The zero-order chi connectivity index (χ0) is 17.0. The van der Waals surface area contributed by atoms with Gasteiger partial charge in [-0.25, -0.2) is 4.79 Å². The van der Waals surface area contributed by atoms with Crippen LogP contribution in [0.2, 0.25) is 0 Å². The molecule has 0 aliphatic heterocycles. The number of fused-ring (bicyclic) bond motifs is 1. The van der Waals surface area contributed by atoms with Crippen LogP contribution in [0, 0.1) is 0 Å². The van der Waals surface area contributed by atoms with Gasteiger partial charge in [-0.1, -0.05) is 0 Å². The molecule has 0 N–H and O–H groups in total. The number of benzene rings is 1. The predicted molar refractivity (Wildman–Crippen MR) is 93.3 cm³/mol. The number of carbonyl (C=O) groups is 1. The highest BCUT2D eigenvalue weighted by Crippen LogP contribution is 2.30. The van der Waals surface area contributed by atoms with Gasteiger partial charge in [0.2, 0.25) is 0 Å². The monoisotopic (exact) mass is 383 g/mol. The number of nitrogens with zero attached hydrogens (tertiary/aromatic N) is 1. The van der Waals surface area contributed by atoms with E-state index in [1.807, 2.05) is 39.0 Å². The van der Waals surface area contributed by atoms with Gasteiger partial charge in [-0.05, 0) is 54.9 Å². The first-order valence-corrected chi connectivity index (χ1v) is 8.27. The molecule has 0 spiro atoms. The third-order valence-electron chi connectivity index (χ3n) is 3.08. The molecule has 0 saturated heterocycles. The average molecular weight is 384 g/mol. The zero-order valence-corrected chi connectivity index (χ0v) is 15.5. The first-order chi connectivity index (χ1) is 10.8. The molecule has 0 amide bonds. The van der Waals surface area contributed by atoms with Crippen molar-refractivity contribution in [3.63, 3.8) is 0 Å². The lowest BCUT2D eigenvalue weighted by molar-refractivity contribution is 0.0544. The van der Waals surface area contributed by atoms with E-state index >= 15 is 0 Å². The fourth-order valence-corrected chi connectivity index (χ4v) is 2.64. The standard InChI is InChI=1S/C17H22BrNO4/c1-17(2,3)23-16(20)19-11-14(18)13-10-12(6-7-15(13)19)22-9-5-8-21-4/h6-7,10-11H,5,8-9H2,1-4H3. The molecule has 0 atom stereocenters. The van der Waals surface area contributed by atoms with Crippen LogP contribution in [0.5, 0.6) is 5.75 Å². The molecular formula is C17H22BrNO4. The van der Waals surface area contributed by atoms with Crippen LogP contribution in [-0.2, 0) is 9.47 Å². The highest BCUT2D eigenvalue weighted by molar-refractivity contribution is 9.10. The minimum atomic E-state index is -0.537. The van der Waals surface area contributed by atoms with Crippen LogP contribution in [-0.4, -0.2) is 36.6 Å². The maximum atomic E-state index is 12.3. The fourth-order valence-electron chi connectivity index (χ4n) is 2.11. The van der Waals surface area contributed by atoms with Crippen molar-refractivity contribution in [3.05, 3.63) is 28.9 Å². The van der Waals surface area contributed by atoms with Crippen LogP contribution in [0.15, 0.2) is 28.9 Å². The topological polar surface area (TPSA) is 49.7 Å². The van der Waals surface area contributed by atoms with Gasteiger partial charge in [-0.3, -0.25) is 4.57 Å². The number of hydrogen-bond donors (Lipinski definition) is 0. The number of ether oxygens (including phenoxy) is 3. The molecule has 0 fully saturated rings. The lowest BCUT2D eigenvalue weighted by Crippen LogP contribution is -2.26. The Kier molecular flexibility index (Phi) is 5.70. The molecule has 0 saturated carbocycles. The smallest absolute Gasteiger partial charge is 0.419 e. The van der Waals surface area contributed by atoms with Crippen molar-refractivity contribution in [2.45, 2.75) is 32.8 Å². The summed E-state index contributed by atoms with van der Waals surface area (Å²) in [4.78, 5) is 12.3. The normalized spacial score (nSPS) is 11.7. The van der Waals surface area contributed by atoms with Gasteiger partial charge >= 0.3 is 6.09 Å². The molecule has 1 aromatic heterocycles. The van der Waals surface area contributed by atoms with E-state index in [9.17, 15) is 4.79 Å². The lowest BCUT2D eigenvalue weighted by Gasteiger charge is -2.19. The largest absolute Gasteiger partial charge is 0.493 e. The Morgan fingerprint density at radius 1 is 1.26 bits per heavy atom. The molecule has 0 aliphatic rings. The van der Waals surface area contributed by atoms with E-state index in [0.717, 1.165) is 27.5 Å². The number of rotatable bonds is 5. The van der Waals surface area contributed by atoms with Gasteiger partial charge in [0.25, 0.3) is 0 Å². The molecule has 1 heterocycles. The Morgan fingerprint density at radius 2 is 2.00 bits per heavy atom. The summed E-state index contributed by atoms with van der Waals surface area (Å²) in [7, 11) is 1.67. The maximum Gasteiger partial charge on any atom is 0.419 e. The Morgan fingerprint density at radius 3 is 2.65 bits per heavy atom. The van der Waals surface area contributed by atoms with Crippen LogP contribution in [0.3, 0.4) is 0 Å². The van der Waals surface area contributed by atoms with Gasteiger partial charge in [0.05, 0.1) is 12.1 Å². The van der Waals surface area contributed by atoms with Crippen molar-refractivity contribution in [2.24, 2.45) is 0 Å². The third-order valence-corrected chi connectivity index (χ3v) is 3.71. The molecule has 6 heteroatoms. The highest BCUT2D eigenvalue weighted by atomic mass is 79.9. The summed E-state index contributed by atoms with van der Waals surface area (Å²) in [5.41, 5.74) is 0.236. The second kappa shape index (κ2) is 7.36. The van der Waals surface area contributed by atoms with E-state index in [1.54, 1.807) is 13.3 Å². The maximum absolute atomic E-state index is 12.3. The Hall–Kier alpha value is -1.53. The Bertz CT molecular complexity index is 688. The van der Waals surface area contributed by atoms with Crippen molar-refractivity contribution >= 4 is 32.9 Å². The molecule has 0 aliphatic carbocycles. The average Bonchev–Trinajstić information content (AvgIpc) is 2.79. The molecule has 126 valence electrons. The lowest BCUT2D eigenvalue weighted by atomic mass is 10.2. The molecule has 5 nitrogen and oxygen atoms in total.